The highest BCUT2D eigenvalue weighted by Gasteiger charge is 2.20. The minimum Gasteiger partial charge on any atom is -0.310 e. The van der Waals surface area contributed by atoms with Crippen molar-refractivity contribution < 1.29 is 4.79 Å². The normalized spacial score (nSPS) is 14.0. The molecular weight excluding hydrogens is 274 g/mol. The number of benzene rings is 2. The Kier molecular flexibility index (Phi) is 2.96. The molecule has 0 atom stereocenters. The maximum atomic E-state index is 12.6. The van der Waals surface area contributed by atoms with Crippen molar-refractivity contribution in [2.45, 2.75) is 19.5 Å². The number of aromatic nitrogens is 2. The number of carbonyl (C=O) groups excluding carboxylic acids is 1. The van der Waals surface area contributed by atoms with Crippen LogP contribution in [0.4, 0.5) is 0 Å². The molecule has 0 radical (unpaired) electrons. The van der Waals surface area contributed by atoms with Crippen LogP contribution in [0.2, 0.25) is 0 Å². The first-order chi connectivity index (χ1) is 10.8. The van der Waals surface area contributed by atoms with Gasteiger partial charge in [0.2, 0.25) is 5.62 Å². The van der Waals surface area contributed by atoms with Crippen molar-refractivity contribution in [1.29, 1.82) is 0 Å². The van der Waals surface area contributed by atoms with Gasteiger partial charge in [-0.2, -0.15) is 0 Å². The molecule has 0 N–H and O–H groups in total. The molecule has 0 bridgehead atoms. The van der Waals surface area contributed by atoms with Gasteiger partial charge < -0.3 is 9.13 Å². The van der Waals surface area contributed by atoms with Crippen molar-refractivity contribution in [2.75, 3.05) is 7.05 Å². The highest BCUT2D eigenvalue weighted by Crippen LogP contribution is 2.24. The van der Waals surface area contributed by atoms with Crippen LogP contribution < -0.4 is 5.62 Å². The Morgan fingerprint density at radius 2 is 1.95 bits per heavy atom. The fourth-order valence-corrected chi connectivity index (χ4v) is 3.36. The minimum absolute atomic E-state index is 0.112. The van der Waals surface area contributed by atoms with E-state index in [9.17, 15) is 4.79 Å². The van der Waals surface area contributed by atoms with Crippen LogP contribution in [0.3, 0.4) is 0 Å². The van der Waals surface area contributed by atoms with Crippen molar-refractivity contribution >= 4 is 16.8 Å². The maximum absolute atomic E-state index is 12.6. The second kappa shape index (κ2) is 4.98. The summed E-state index contributed by atoms with van der Waals surface area (Å²) in [5.74, 6) is 0.112. The topological polar surface area (TPSA) is 39.3 Å². The molecular formula is C18H17N3O. The zero-order valence-electron chi connectivity index (χ0n) is 12.5. The van der Waals surface area contributed by atoms with Crippen LogP contribution in [-0.2, 0) is 19.5 Å². The largest absolute Gasteiger partial charge is 0.310 e. The number of imidazole rings is 1. The molecule has 0 spiro atoms. The fraction of sp³-hybridized carbons (Fsp3) is 0.222. The zero-order chi connectivity index (χ0) is 15.1. The van der Waals surface area contributed by atoms with E-state index in [0.717, 1.165) is 29.7 Å². The number of carbonyl (C=O) groups is 1. The van der Waals surface area contributed by atoms with E-state index >= 15 is 0 Å². The van der Waals surface area contributed by atoms with Crippen molar-refractivity contribution in [1.82, 2.24) is 9.13 Å². The van der Waals surface area contributed by atoms with Gasteiger partial charge in [0.1, 0.15) is 0 Å². The smallest absolute Gasteiger partial charge is 0.206 e. The standard InChI is InChI=1S/C18H17N3O/c1-19-18-20-11-10-14-8-5-9-15(17(14)20)21(18)12-16(22)13-6-3-2-4-7-13/h2-9H,10-12H2,1H3. The third kappa shape index (κ3) is 1.84. The molecule has 110 valence electrons. The predicted octanol–water partition coefficient (Wildman–Crippen LogP) is 2.41. The molecule has 3 aromatic rings. The summed E-state index contributed by atoms with van der Waals surface area (Å²) in [5, 5.41) is 0. The monoisotopic (exact) mass is 291 g/mol. The molecule has 0 saturated heterocycles. The summed E-state index contributed by atoms with van der Waals surface area (Å²) in [7, 11) is 1.79. The van der Waals surface area contributed by atoms with Gasteiger partial charge in [-0.3, -0.25) is 9.79 Å². The summed E-state index contributed by atoms with van der Waals surface area (Å²) in [4.78, 5) is 17.0. The molecule has 22 heavy (non-hydrogen) atoms. The fourth-order valence-electron chi connectivity index (χ4n) is 3.36. The molecule has 0 fully saturated rings. The molecule has 1 aromatic heterocycles. The maximum Gasteiger partial charge on any atom is 0.206 e. The summed E-state index contributed by atoms with van der Waals surface area (Å²) in [6.07, 6.45) is 1.04. The first-order valence-corrected chi connectivity index (χ1v) is 7.51. The second-order valence-electron chi connectivity index (χ2n) is 5.59. The van der Waals surface area contributed by atoms with Gasteiger partial charge in [0.25, 0.3) is 0 Å². The number of ketones is 1. The van der Waals surface area contributed by atoms with Crippen molar-refractivity contribution in [2.24, 2.45) is 4.99 Å². The van der Waals surface area contributed by atoms with Crippen LogP contribution in [0.5, 0.6) is 0 Å². The molecule has 4 heteroatoms. The number of nitrogens with zero attached hydrogens (tertiary/aromatic N) is 3. The van der Waals surface area contributed by atoms with Crippen LogP contribution in [-0.4, -0.2) is 22.0 Å². The van der Waals surface area contributed by atoms with Crippen molar-refractivity contribution in [3.8, 4) is 0 Å². The Morgan fingerprint density at radius 3 is 2.73 bits per heavy atom. The van der Waals surface area contributed by atoms with Gasteiger partial charge in [-0.1, -0.05) is 42.5 Å². The molecule has 0 saturated carbocycles. The number of para-hydroxylation sites is 1. The summed E-state index contributed by atoms with van der Waals surface area (Å²) in [5.41, 5.74) is 5.28. The Hall–Kier alpha value is -2.62. The second-order valence-corrected chi connectivity index (χ2v) is 5.59. The van der Waals surface area contributed by atoms with E-state index in [1.54, 1.807) is 7.05 Å². The Labute approximate surface area is 128 Å². The quantitative estimate of drug-likeness (QED) is 0.683. The van der Waals surface area contributed by atoms with Crippen LogP contribution >= 0.6 is 0 Å². The minimum atomic E-state index is 0.112. The average molecular weight is 291 g/mol. The Bertz CT molecular complexity index is 932. The van der Waals surface area contributed by atoms with Gasteiger partial charge >= 0.3 is 0 Å². The van der Waals surface area contributed by atoms with Gasteiger partial charge in [-0.15, -0.1) is 0 Å². The van der Waals surface area contributed by atoms with E-state index < -0.39 is 0 Å². The average Bonchev–Trinajstić information content (AvgIpc) is 3.12. The Morgan fingerprint density at radius 1 is 1.14 bits per heavy atom. The van der Waals surface area contributed by atoms with E-state index in [1.165, 1.54) is 11.1 Å². The summed E-state index contributed by atoms with van der Waals surface area (Å²) in [6.45, 7) is 1.26. The highest BCUT2D eigenvalue weighted by atomic mass is 16.1. The number of Topliss-reactive ketones (excluding diaryl/α,β-unsaturated/α-hetero) is 1. The van der Waals surface area contributed by atoms with E-state index in [-0.39, 0.29) is 5.78 Å². The Balaban J connectivity index is 1.86. The highest BCUT2D eigenvalue weighted by molar-refractivity contribution is 5.96. The van der Waals surface area contributed by atoms with Crippen molar-refractivity contribution in [3.05, 3.63) is 65.3 Å². The van der Waals surface area contributed by atoms with Crippen LogP contribution in [0.15, 0.2) is 53.5 Å². The lowest BCUT2D eigenvalue weighted by molar-refractivity contribution is 0.0971. The molecule has 2 heterocycles. The number of hydrogen-bond donors (Lipinski definition) is 0. The molecule has 4 nitrogen and oxygen atoms in total. The predicted molar refractivity (Wildman–Crippen MR) is 85.9 cm³/mol. The van der Waals surface area contributed by atoms with Gasteiger partial charge in [0.15, 0.2) is 5.78 Å². The van der Waals surface area contributed by atoms with E-state index in [1.807, 2.05) is 34.9 Å². The molecule has 2 aromatic carbocycles. The van der Waals surface area contributed by atoms with E-state index in [4.69, 9.17) is 0 Å². The third-order valence-corrected chi connectivity index (χ3v) is 4.34. The summed E-state index contributed by atoms with van der Waals surface area (Å²) in [6, 6.07) is 15.7. The SMILES string of the molecule is CN=c1n(CC(=O)c2ccccc2)c2cccc3c2n1CC3. The number of hydrogen-bond acceptors (Lipinski definition) is 2. The lowest BCUT2D eigenvalue weighted by Gasteiger charge is -2.06. The van der Waals surface area contributed by atoms with Crippen molar-refractivity contribution in [3.63, 3.8) is 0 Å². The lowest BCUT2D eigenvalue weighted by Crippen LogP contribution is -2.28. The summed E-state index contributed by atoms with van der Waals surface area (Å²) < 4.78 is 4.26. The first kappa shape index (κ1) is 13.1. The molecule has 0 unspecified atom stereocenters. The molecule has 0 aliphatic carbocycles. The molecule has 0 amide bonds. The van der Waals surface area contributed by atoms with Gasteiger partial charge in [0.05, 0.1) is 17.6 Å². The number of aryl methyl sites for hydroxylation is 2. The third-order valence-electron chi connectivity index (χ3n) is 4.34. The van der Waals surface area contributed by atoms with Crippen LogP contribution in [0.25, 0.3) is 11.0 Å². The van der Waals surface area contributed by atoms with E-state index in [2.05, 4.69) is 27.8 Å². The molecule has 4 rings (SSSR count). The first-order valence-electron chi connectivity index (χ1n) is 7.51. The van der Waals surface area contributed by atoms with E-state index in [0.29, 0.717) is 6.54 Å². The lowest BCUT2D eigenvalue weighted by atomic mass is 10.1. The zero-order valence-corrected chi connectivity index (χ0v) is 12.5. The van der Waals surface area contributed by atoms with Gasteiger partial charge in [0, 0.05) is 19.2 Å². The van der Waals surface area contributed by atoms with Crippen LogP contribution in [0.1, 0.15) is 15.9 Å². The molecule has 1 aliphatic heterocycles. The number of rotatable bonds is 3. The van der Waals surface area contributed by atoms with Gasteiger partial charge in [-0.25, -0.2) is 0 Å². The summed E-state index contributed by atoms with van der Waals surface area (Å²) >= 11 is 0. The van der Waals surface area contributed by atoms with Gasteiger partial charge in [-0.05, 0) is 18.1 Å². The molecule has 1 aliphatic rings. The van der Waals surface area contributed by atoms with Crippen LogP contribution in [0, 0.1) is 0 Å².